The van der Waals surface area contributed by atoms with Gasteiger partial charge in [0, 0.05) is 61.1 Å². The van der Waals surface area contributed by atoms with Crippen LogP contribution in [0, 0.1) is 0 Å². The number of carbonyl (C=O) groups excluding carboxylic acids is 2. The lowest BCUT2D eigenvalue weighted by Gasteiger charge is -2.09. The van der Waals surface area contributed by atoms with E-state index in [-0.39, 0.29) is 11.5 Å². The molecule has 3 aromatic heterocycles. The summed E-state index contributed by atoms with van der Waals surface area (Å²) in [5.41, 5.74) is 15.9. The highest BCUT2D eigenvalue weighted by atomic mass is 35.5. The number of anilines is 1. The van der Waals surface area contributed by atoms with Crippen molar-refractivity contribution in [3.63, 3.8) is 0 Å². The van der Waals surface area contributed by atoms with Gasteiger partial charge in [-0.15, -0.1) is 0 Å². The van der Waals surface area contributed by atoms with E-state index in [0.717, 1.165) is 89.4 Å². The Balaban J connectivity index is 1.23. The van der Waals surface area contributed by atoms with Gasteiger partial charge in [0.05, 0.1) is 22.8 Å². The fraction of sp³-hybridized carbons (Fsp3) is 0. The number of fused-ring (bicyclic) bond motifs is 8. The molecule has 0 atom stereocenters. The van der Waals surface area contributed by atoms with Gasteiger partial charge in [-0.05, 0) is 107 Å². The number of amides is 1. The zero-order valence-electron chi connectivity index (χ0n) is 32.0. The molecular formula is C52H34ClN5O2. The molecule has 0 fully saturated rings. The third-order valence-corrected chi connectivity index (χ3v) is 10.9. The fourth-order valence-corrected chi connectivity index (χ4v) is 8.06. The Morgan fingerprint density at radius 2 is 0.783 bits per heavy atom. The van der Waals surface area contributed by atoms with Crippen LogP contribution in [0.2, 0.25) is 0 Å². The summed E-state index contributed by atoms with van der Waals surface area (Å²) in [6.45, 7) is 0. The van der Waals surface area contributed by atoms with Gasteiger partial charge in [-0.3, -0.25) is 9.59 Å². The molecule has 8 heteroatoms. The summed E-state index contributed by atoms with van der Waals surface area (Å²) in [6.07, 6.45) is 8.32. The Labute approximate surface area is 350 Å². The highest BCUT2D eigenvalue weighted by Gasteiger charge is 2.19. The summed E-state index contributed by atoms with van der Waals surface area (Å²) in [7, 11) is 0. The Hall–Kier alpha value is -7.87. The van der Waals surface area contributed by atoms with Crippen LogP contribution in [0.1, 0.15) is 43.5 Å². The predicted octanol–water partition coefficient (Wildman–Crippen LogP) is 13.0. The molecule has 0 saturated carbocycles. The summed E-state index contributed by atoms with van der Waals surface area (Å²) < 4.78 is 0. The van der Waals surface area contributed by atoms with Crippen LogP contribution in [0.25, 0.3) is 90.9 Å². The van der Waals surface area contributed by atoms with E-state index in [1.165, 1.54) is 6.07 Å². The van der Waals surface area contributed by atoms with E-state index in [0.29, 0.717) is 11.3 Å². The number of halogens is 1. The van der Waals surface area contributed by atoms with Gasteiger partial charge in [0.1, 0.15) is 0 Å². The van der Waals surface area contributed by atoms with Gasteiger partial charge in [0.25, 0.3) is 11.1 Å². The van der Waals surface area contributed by atoms with E-state index in [1.54, 1.807) is 18.2 Å². The first-order valence-corrected chi connectivity index (χ1v) is 19.9. The monoisotopic (exact) mass is 795 g/mol. The van der Waals surface area contributed by atoms with E-state index < -0.39 is 5.24 Å². The molecule has 2 aliphatic rings. The van der Waals surface area contributed by atoms with Gasteiger partial charge in [-0.1, -0.05) is 115 Å². The maximum atomic E-state index is 13.2. The van der Waals surface area contributed by atoms with Crippen LogP contribution < -0.4 is 5.32 Å². The van der Waals surface area contributed by atoms with Gasteiger partial charge in [0.2, 0.25) is 0 Å². The van der Waals surface area contributed by atoms with Crippen LogP contribution >= 0.6 is 11.6 Å². The minimum absolute atomic E-state index is 0.255. The molecule has 5 aromatic carbocycles. The summed E-state index contributed by atoms with van der Waals surface area (Å²) in [5.74, 6) is -0.352. The van der Waals surface area contributed by atoms with E-state index >= 15 is 0 Å². The van der Waals surface area contributed by atoms with Gasteiger partial charge in [-0.25, -0.2) is 9.97 Å². The predicted molar refractivity (Wildman–Crippen MR) is 245 cm³/mol. The number of hydrogen-bond donors (Lipinski definition) is 3. The van der Waals surface area contributed by atoms with Crippen LogP contribution in [0.15, 0.2) is 164 Å². The second kappa shape index (κ2) is 15.5. The second-order valence-corrected chi connectivity index (χ2v) is 14.8. The average molecular weight is 796 g/mol. The number of aromatic amines is 2. The molecule has 10 rings (SSSR count). The first-order valence-electron chi connectivity index (χ1n) is 19.5. The molecule has 0 spiro atoms. The van der Waals surface area contributed by atoms with Crippen molar-refractivity contribution >= 4 is 74.8 Å². The summed E-state index contributed by atoms with van der Waals surface area (Å²) >= 11 is 5.69. The highest BCUT2D eigenvalue weighted by molar-refractivity contribution is 6.67. The van der Waals surface area contributed by atoms with Crippen LogP contribution in [-0.4, -0.2) is 31.1 Å². The van der Waals surface area contributed by atoms with Crippen molar-refractivity contribution in [2.75, 3.05) is 5.32 Å². The topological polar surface area (TPSA) is 104 Å². The molecule has 0 saturated heterocycles. The lowest BCUT2D eigenvalue weighted by molar-refractivity contribution is 0.102. The Morgan fingerprint density at radius 1 is 0.417 bits per heavy atom. The highest BCUT2D eigenvalue weighted by Crippen LogP contribution is 2.38. The molecule has 3 N–H and O–H groups in total. The second-order valence-electron chi connectivity index (χ2n) is 14.5. The summed E-state index contributed by atoms with van der Waals surface area (Å²) in [6, 6.07) is 53.5. The smallest absolute Gasteiger partial charge is 0.255 e. The molecule has 0 radical (unpaired) electrons. The molecule has 0 aliphatic carbocycles. The lowest BCUT2D eigenvalue weighted by Crippen LogP contribution is -2.12. The first-order chi connectivity index (χ1) is 29.5. The van der Waals surface area contributed by atoms with Crippen molar-refractivity contribution in [1.82, 2.24) is 19.9 Å². The SMILES string of the molecule is O=C(Cl)c1cccc(C(=O)Nc2ccc(-c3c4nc(c(-c5ccccc5)c5ccc([nH]5)c(-c5ccccc5)c5nc(c(-c6ccccc6)c6ccc3[nH]6)C=C5)C=C4)cc2)c1. The van der Waals surface area contributed by atoms with Crippen LogP contribution in [0.5, 0.6) is 0 Å². The molecule has 1 amide bonds. The molecule has 8 aromatic rings. The van der Waals surface area contributed by atoms with Crippen molar-refractivity contribution in [3.8, 4) is 44.5 Å². The molecule has 5 heterocycles. The lowest BCUT2D eigenvalue weighted by atomic mass is 10.0. The van der Waals surface area contributed by atoms with Crippen molar-refractivity contribution in [2.45, 2.75) is 0 Å². The zero-order chi connectivity index (χ0) is 40.6. The molecule has 2 aliphatic heterocycles. The first kappa shape index (κ1) is 36.5. The van der Waals surface area contributed by atoms with Gasteiger partial charge in [0.15, 0.2) is 0 Å². The number of nitrogens with one attached hydrogen (secondary N) is 3. The summed E-state index contributed by atoms with van der Waals surface area (Å²) in [4.78, 5) is 43.3. The van der Waals surface area contributed by atoms with Crippen LogP contribution in [0.4, 0.5) is 5.69 Å². The number of nitrogens with zero attached hydrogens (tertiary/aromatic N) is 2. The number of aromatic nitrogens is 4. The van der Waals surface area contributed by atoms with Gasteiger partial charge in [-0.2, -0.15) is 0 Å². The summed E-state index contributed by atoms with van der Waals surface area (Å²) in [5, 5.41) is 2.33. The van der Waals surface area contributed by atoms with E-state index in [4.69, 9.17) is 21.6 Å². The molecular weight excluding hydrogens is 762 g/mol. The van der Waals surface area contributed by atoms with Crippen molar-refractivity contribution in [2.24, 2.45) is 0 Å². The molecule has 0 unspecified atom stereocenters. The fourth-order valence-electron chi connectivity index (χ4n) is 7.94. The maximum absolute atomic E-state index is 13.2. The molecule has 7 nitrogen and oxygen atoms in total. The number of H-pyrrole nitrogens is 2. The standard InChI is InChI=1S/C52H34ClN5O2/c53-51(59)36-17-10-18-37(31-36)52(60)54-38-21-19-35(20-22-38)50-45-29-27-43(57-45)48(33-13-6-2-7-14-33)41-25-23-39(55-41)47(32-11-4-1-5-12-32)40-24-26-42(56-40)49(34-15-8-3-9-16-34)44-28-30-46(50)58-44/h1-31,55,58H,(H,54,60). The molecule has 60 heavy (non-hydrogen) atoms. The Kier molecular flexibility index (Phi) is 9.40. The maximum Gasteiger partial charge on any atom is 0.255 e. The normalized spacial score (nSPS) is 11.8. The Bertz CT molecular complexity index is 3170. The van der Waals surface area contributed by atoms with E-state index in [2.05, 4.69) is 112 Å². The third-order valence-electron chi connectivity index (χ3n) is 10.7. The number of benzene rings is 5. The molecule has 286 valence electrons. The quantitative estimate of drug-likeness (QED) is 0.140. The third kappa shape index (κ3) is 6.93. The largest absolute Gasteiger partial charge is 0.354 e. The number of carbonyl (C=O) groups is 2. The van der Waals surface area contributed by atoms with Crippen molar-refractivity contribution in [1.29, 1.82) is 0 Å². The van der Waals surface area contributed by atoms with E-state index in [1.807, 2.05) is 66.7 Å². The van der Waals surface area contributed by atoms with E-state index in [9.17, 15) is 9.59 Å². The Morgan fingerprint density at radius 3 is 1.17 bits per heavy atom. The molecule has 8 bridgehead atoms. The number of hydrogen-bond acceptors (Lipinski definition) is 4. The van der Waals surface area contributed by atoms with Crippen molar-refractivity contribution < 1.29 is 9.59 Å². The average Bonchev–Trinajstić information content (AvgIpc) is 4.14. The van der Waals surface area contributed by atoms with Crippen molar-refractivity contribution in [3.05, 3.63) is 198 Å². The number of rotatable bonds is 7. The van der Waals surface area contributed by atoms with Gasteiger partial charge < -0.3 is 15.3 Å². The van der Waals surface area contributed by atoms with Gasteiger partial charge >= 0.3 is 0 Å². The zero-order valence-corrected chi connectivity index (χ0v) is 32.7. The minimum atomic E-state index is -0.622. The van der Waals surface area contributed by atoms with Crippen LogP contribution in [0.3, 0.4) is 0 Å². The van der Waals surface area contributed by atoms with Crippen LogP contribution in [-0.2, 0) is 0 Å². The minimum Gasteiger partial charge on any atom is -0.354 e.